The molecule has 3 nitrogen and oxygen atoms in total. The topological polar surface area (TPSA) is 18.5 Å². The van der Waals surface area contributed by atoms with Gasteiger partial charge in [0.15, 0.2) is 0 Å². The van der Waals surface area contributed by atoms with Crippen LogP contribution < -0.4 is 5.43 Å². The first-order chi connectivity index (χ1) is 4.33. The molecule has 1 aliphatic heterocycles. The van der Waals surface area contributed by atoms with Crippen LogP contribution in [0.25, 0.3) is 0 Å². The molecule has 0 aliphatic carbocycles. The average molecular weight is 127 g/mol. The fourth-order valence-electron chi connectivity index (χ4n) is 0.795. The quantitative estimate of drug-likeness (QED) is 0.528. The minimum atomic E-state index is 1.06. The van der Waals surface area contributed by atoms with Gasteiger partial charge in [0.1, 0.15) is 0 Å². The van der Waals surface area contributed by atoms with E-state index in [-0.39, 0.29) is 0 Å². The SMILES string of the molecule is CNN1C=CN(C)CC1. The Labute approximate surface area is 55.9 Å². The normalized spacial score (nSPS) is 18.9. The maximum Gasteiger partial charge on any atom is 0.0513 e. The molecule has 0 saturated heterocycles. The van der Waals surface area contributed by atoms with Crippen molar-refractivity contribution in [2.45, 2.75) is 0 Å². The monoisotopic (exact) mass is 127 g/mol. The van der Waals surface area contributed by atoms with Crippen LogP contribution in [0.2, 0.25) is 0 Å². The van der Waals surface area contributed by atoms with Crippen molar-refractivity contribution in [3.05, 3.63) is 12.4 Å². The molecule has 0 fully saturated rings. The van der Waals surface area contributed by atoms with Crippen molar-refractivity contribution in [1.29, 1.82) is 0 Å². The van der Waals surface area contributed by atoms with E-state index in [1.165, 1.54) is 0 Å². The van der Waals surface area contributed by atoms with Crippen molar-refractivity contribution in [1.82, 2.24) is 15.3 Å². The zero-order valence-corrected chi connectivity index (χ0v) is 5.96. The van der Waals surface area contributed by atoms with Gasteiger partial charge in [-0.2, -0.15) is 0 Å². The second-order valence-electron chi connectivity index (χ2n) is 2.20. The van der Waals surface area contributed by atoms with Crippen molar-refractivity contribution in [3.8, 4) is 0 Å². The summed E-state index contributed by atoms with van der Waals surface area (Å²) in [5, 5.41) is 2.06. The second kappa shape index (κ2) is 2.73. The van der Waals surface area contributed by atoms with Gasteiger partial charge in [0.2, 0.25) is 0 Å². The molecule has 0 radical (unpaired) electrons. The maximum absolute atomic E-state index is 3.04. The van der Waals surface area contributed by atoms with Gasteiger partial charge in [-0.1, -0.05) is 0 Å². The molecular weight excluding hydrogens is 114 g/mol. The molecule has 1 heterocycles. The van der Waals surface area contributed by atoms with Crippen LogP contribution >= 0.6 is 0 Å². The van der Waals surface area contributed by atoms with Gasteiger partial charge >= 0.3 is 0 Å². The van der Waals surface area contributed by atoms with Crippen molar-refractivity contribution >= 4 is 0 Å². The summed E-state index contributed by atoms with van der Waals surface area (Å²) in [5.41, 5.74) is 3.04. The molecule has 1 aliphatic rings. The molecule has 1 rings (SSSR count). The Balaban J connectivity index is 2.38. The molecular formula is C6H13N3. The number of hydrogen-bond acceptors (Lipinski definition) is 3. The van der Waals surface area contributed by atoms with Gasteiger partial charge in [0.05, 0.1) is 6.54 Å². The van der Waals surface area contributed by atoms with E-state index in [1.807, 2.05) is 13.2 Å². The summed E-state index contributed by atoms with van der Waals surface area (Å²) in [7, 11) is 4.00. The van der Waals surface area contributed by atoms with Crippen LogP contribution in [0.15, 0.2) is 12.4 Å². The zero-order valence-electron chi connectivity index (χ0n) is 5.96. The standard InChI is InChI=1S/C6H13N3/c1-7-9-5-3-8(2)4-6-9/h3,5,7H,4,6H2,1-2H3. The van der Waals surface area contributed by atoms with Gasteiger partial charge in [0.25, 0.3) is 0 Å². The van der Waals surface area contributed by atoms with Crippen molar-refractivity contribution in [2.75, 3.05) is 27.2 Å². The molecule has 0 bridgehead atoms. The summed E-state index contributed by atoms with van der Waals surface area (Å²) < 4.78 is 0. The van der Waals surface area contributed by atoms with E-state index in [1.54, 1.807) is 0 Å². The zero-order chi connectivity index (χ0) is 6.69. The Morgan fingerprint density at radius 2 is 2.11 bits per heavy atom. The lowest BCUT2D eigenvalue weighted by Crippen LogP contribution is -2.39. The third-order valence-electron chi connectivity index (χ3n) is 1.48. The Morgan fingerprint density at radius 1 is 1.33 bits per heavy atom. The molecule has 0 atom stereocenters. The maximum atomic E-state index is 3.04. The van der Waals surface area contributed by atoms with Crippen LogP contribution in [0.4, 0.5) is 0 Å². The van der Waals surface area contributed by atoms with Gasteiger partial charge in [0, 0.05) is 33.0 Å². The Kier molecular flexibility index (Phi) is 1.95. The van der Waals surface area contributed by atoms with E-state index in [0.29, 0.717) is 0 Å². The highest BCUT2D eigenvalue weighted by molar-refractivity contribution is 4.84. The lowest BCUT2D eigenvalue weighted by atomic mass is 10.5. The smallest absolute Gasteiger partial charge is 0.0513 e. The van der Waals surface area contributed by atoms with Crippen molar-refractivity contribution in [3.63, 3.8) is 0 Å². The molecule has 1 N–H and O–H groups in total. The Morgan fingerprint density at radius 3 is 2.56 bits per heavy atom. The van der Waals surface area contributed by atoms with E-state index in [9.17, 15) is 0 Å². The highest BCUT2D eigenvalue weighted by atomic mass is 15.5. The summed E-state index contributed by atoms with van der Waals surface area (Å²) in [6.45, 7) is 2.15. The third-order valence-corrected chi connectivity index (χ3v) is 1.48. The lowest BCUT2D eigenvalue weighted by molar-refractivity contribution is 0.238. The first-order valence-electron chi connectivity index (χ1n) is 3.15. The van der Waals surface area contributed by atoms with Crippen LogP contribution in [-0.2, 0) is 0 Å². The fourth-order valence-corrected chi connectivity index (χ4v) is 0.795. The second-order valence-corrected chi connectivity index (χ2v) is 2.20. The van der Waals surface area contributed by atoms with Crippen molar-refractivity contribution in [2.24, 2.45) is 0 Å². The van der Waals surface area contributed by atoms with Crippen LogP contribution in [0.1, 0.15) is 0 Å². The number of rotatable bonds is 1. The van der Waals surface area contributed by atoms with E-state index >= 15 is 0 Å². The predicted octanol–water partition coefficient (Wildman–Crippen LogP) is -0.161. The minimum Gasteiger partial charge on any atom is -0.377 e. The predicted molar refractivity (Wildman–Crippen MR) is 37.5 cm³/mol. The van der Waals surface area contributed by atoms with E-state index < -0.39 is 0 Å². The number of hydrazine groups is 1. The minimum absolute atomic E-state index is 1.06. The van der Waals surface area contributed by atoms with Gasteiger partial charge in [-0.3, -0.25) is 0 Å². The molecule has 9 heavy (non-hydrogen) atoms. The number of nitrogens with zero attached hydrogens (tertiary/aromatic N) is 2. The summed E-state index contributed by atoms with van der Waals surface area (Å²) in [6, 6.07) is 0. The average Bonchev–Trinajstić information content (AvgIpc) is 1.90. The molecule has 3 heteroatoms. The lowest BCUT2D eigenvalue weighted by Gasteiger charge is -2.27. The molecule has 0 saturated carbocycles. The van der Waals surface area contributed by atoms with Crippen LogP contribution in [0, 0.1) is 0 Å². The van der Waals surface area contributed by atoms with Crippen LogP contribution in [-0.4, -0.2) is 37.1 Å². The molecule has 52 valence electrons. The van der Waals surface area contributed by atoms with Gasteiger partial charge in [-0.25, -0.2) is 5.43 Å². The fraction of sp³-hybridized carbons (Fsp3) is 0.667. The molecule has 0 amide bonds. The molecule has 0 unspecified atom stereocenters. The largest absolute Gasteiger partial charge is 0.377 e. The number of nitrogens with one attached hydrogen (secondary N) is 1. The van der Waals surface area contributed by atoms with E-state index in [4.69, 9.17) is 0 Å². The van der Waals surface area contributed by atoms with Crippen LogP contribution in [0.5, 0.6) is 0 Å². The van der Waals surface area contributed by atoms with Crippen molar-refractivity contribution < 1.29 is 0 Å². The summed E-state index contributed by atoms with van der Waals surface area (Å²) >= 11 is 0. The van der Waals surface area contributed by atoms with Crippen LogP contribution in [0.3, 0.4) is 0 Å². The highest BCUT2D eigenvalue weighted by Crippen LogP contribution is 1.95. The Hall–Kier alpha value is -0.700. The third kappa shape index (κ3) is 1.61. The molecule has 0 aromatic rings. The molecule has 0 aromatic heterocycles. The van der Waals surface area contributed by atoms with Gasteiger partial charge in [-0.15, -0.1) is 0 Å². The van der Waals surface area contributed by atoms with E-state index in [2.05, 4.69) is 28.6 Å². The van der Waals surface area contributed by atoms with Gasteiger partial charge in [-0.05, 0) is 0 Å². The highest BCUT2D eigenvalue weighted by Gasteiger charge is 2.02. The van der Waals surface area contributed by atoms with Gasteiger partial charge < -0.3 is 9.91 Å². The summed E-state index contributed by atoms with van der Waals surface area (Å²) in [4.78, 5) is 2.16. The Bertz CT molecular complexity index is 111. The first-order valence-corrected chi connectivity index (χ1v) is 3.15. The molecule has 0 spiro atoms. The number of likely N-dealkylation sites (N-methyl/N-ethyl adjacent to an activating group) is 1. The molecule has 0 aromatic carbocycles. The summed E-state index contributed by atoms with van der Waals surface area (Å²) in [6.07, 6.45) is 4.09. The summed E-state index contributed by atoms with van der Waals surface area (Å²) in [5.74, 6) is 0. The number of hydrogen-bond donors (Lipinski definition) is 1. The first kappa shape index (κ1) is 6.42. The van der Waals surface area contributed by atoms with E-state index in [0.717, 1.165) is 13.1 Å².